The number of aromatic nitrogens is 1. The lowest BCUT2D eigenvalue weighted by atomic mass is 9.82. The molecule has 25 heavy (non-hydrogen) atoms. The molecule has 4 heteroatoms. The van der Waals surface area contributed by atoms with Crippen molar-refractivity contribution in [2.24, 2.45) is 0 Å². The Morgan fingerprint density at radius 1 is 1.12 bits per heavy atom. The summed E-state index contributed by atoms with van der Waals surface area (Å²) in [4.78, 5) is 18.3. The number of carbonyl (C=O) groups excluding carboxylic acids is 1. The van der Waals surface area contributed by atoms with Gasteiger partial charge in [0.25, 0.3) is 0 Å². The predicted molar refractivity (Wildman–Crippen MR) is 98.5 cm³/mol. The Kier molecular flexibility index (Phi) is 5.82. The summed E-state index contributed by atoms with van der Waals surface area (Å²) in [7, 11) is 4.17. The first kappa shape index (κ1) is 17.6. The van der Waals surface area contributed by atoms with Crippen LogP contribution >= 0.6 is 0 Å². The molecule has 0 amide bonds. The lowest BCUT2D eigenvalue weighted by Crippen LogP contribution is -2.24. The fourth-order valence-corrected chi connectivity index (χ4v) is 3.48. The van der Waals surface area contributed by atoms with Gasteiger partial charge in [-0.05, 0) is 69.0 Å². The molecule has 4 nitrogen and oxygen atoms in total. The summed E-state index contributed by atoms with van der Waals surface area (Å²) in [5.74, 6) is 0.311. The largest absolute Gasteiger partial charge is 0.459 e. The topological polar surface area (TPSA) is 42.4 Å². The molecule has 1 aromatic heterocycles. The number of nitrogens with zero attached hydrogens (tertiary/aromatic N) is 2. The van der Waals surface area contributed by atoms with Crippen molar-refractivity contribution in [1.29, 1.82) is 0 Å². The van der Waals surface area contributed by atoms with Crippen LogP contribution in [0.25, 0.3) is 0 Å². The van der Waals surface area contributed by atoms with E-state index in [4.69, 9.17) is 4.74 Å². The van der Waals surface area contributed by atoms with Crippen molar-refractivity contribution in [3.05, 3.63) is 65.5 Å². The van der Waals surface area contributed by atoms with E-state index in [0.29, 0.717) is 11.5 Å². The predicted octanol–water partition coefficient (Wildman–Crippen LogP) is 4.03. The first-order valence-electron chi connectivity index (χ1n) is 8.96. The van der Waals surface area contributed by atoms with Crippen LogP contribution in [0.2, 0.25) is 0 Å². The fraction of sp³-hybridized carbons (Fsp3) is 0.429. The Bertz CT molecular complexity index is 675. The highest BCUT2D eigenvalue weighted by atomic mass is 16.5. The highest BCUT2D eigenvalue weighted by Crippen LogP contribution is 2.34. The van der Waals surface area contributed by atoms with E-state index in [0.717, 1.165) is 32.2 Å². The summed E-state index contributed by atoms with van der Waals surface area (Å²) in [5.41, 5.74) is 3.27. The second-order valence-corrected chi connectivity index (χ2v) is 7.10. The molecule has 1 aliphatic carbocycles. The molecule has 1 saturated carbocycles. The Labute approximate surface area is 149 Å². The lowest BCUT2D eigenvalue weighted by Gasteiger charge is -2.28. The molecule has 0 atom stereocenters. The number of carbonyl (C=O) groups is 1. The number of ether oxygens (including phenoxy) is 1. The van der Waals surface area contributed by atoms with Crippen LogP contribution in [0, 0.1) is 0 Å². The number of rotatable bonds is 5. The smallest absolute Gasteiger partial charge is 0.339 e. The van der Waals surface area contributed by atoms with Crippen LogP contribution in [0.5, 0.6) is 0 Å². The minimum absolute atomic E-state index is 0.0250. The molecular formula is C21H26N2O2. The molecule has 1 aromatic carbocycles. The molecule has 0 N–H and O–H groups in total. The number of hydrogen-bond donors (Lipinski definition) is 0. The van der Waals surface area contributed by atoms with Gasteiger partial charge in [-0.25, -0.2) is 4.79 Å². The van der Waals surface area contributed by atoms with Gasteiger partial charge in [0.1, 0.15) is 6.10 Å². The number of benzene rings is 1. The van der Waals surface area contributed by atoms with Crippen LogP contribution < -0.4 is 0 Å². The van der Waals surface area contributed by atoms with E-state index in [-0.39, 0.29) is 12.1 Å². The van der Waals surface area contributed by atoms with E-state index < -0.39 is 0 Å². The van der Waals surface area contributed by atoms with Crippen molar-refractivity contribution in [3.63, 3.8) is 0 Å². The quantitative estimate of drug-likeness (QED) is 0.772. The van der Waals surface area contributed by atoms with Gasteiger partial charge in [-0.3, -0.25) is 4.98 Å². The van der Waals surface area contributed by atoms with Crippen molar-refractivity contribution in [2.45, 2.75) is 44.2 Å². The average molecular weight is 338 g/mol. The van der Waals surface area contributed by atoms with E-state index in [1.807, 2.05) is 0 Å². The Balaban J connectivity index is 1.51. The molecule has 0 bridgehead atoms. The van der Waals surface area contributed by atoms with Crippen LogP contribution in [0.3, 0.4) is 0 Å². The average Bonchev–Trinajstić information content (AvgIpc) is 2.63. The van der Waals surface area contributed by atoms with Crippen molar-refractivity contribution in [1.82, 2.24) is 9.88 Å². The van der Waals surface area contributed by atoms with Crippen molar-refractivity contribution < 1.29 is 9.53 Å². The van der Waals surface area contributed by atoms with E-state index in [2.05, 4.69) is 48.2 Å². The Hall–Kier alpha value is -2.20. The van der Waals surface area contributed by atoms with Gasteiger partial charge in [0.15, 0.2) is 0 Å². The minimum atomic E-state index is -0.260. The van der Waals surface area contributed by atoms with Gasteiger partial charge < -0.3 is 9.64 Å². The third-order valence-corrected chi connectivity index (χ3v) is 4.80. The summed E-state index contributed by atoms with van der Waals surface area (Å²) >= 11 is 0. The van der Waals surface area contributed by atoms with Gasteiger partial charge >= 0.3 is 5.97 Å². The van der Waals surface area contributed by atoms with Gasteiger partial charge in [0, 0.05) is 18.9 Å². The van der Waals surface area contributed by atoms with Crippen molar-refractivity contribution >= 4 is 5.97 Å². The second kappa shape index (κ2) is 8.26. The Morgan fingerprint density at radius 3 is 2.44 bits per heavy atom. The van der Waals surface area contributed by atoms with Crippen molar-refractivity contribution in [3.8, 4) is 0 Å². The number of hydrogen-bond acceptors (Lipinski definition) is 4. The normalized spacial score (nSPS) is 20.4. The Morgan fingerprint density at radius 2 is 1.84 bits per heavy atom. The molecule has 132 valence electrons. The zero-order valence-corrected chi connectivity index (χ0v) is 15.0. The summed E-state index contributed by atoms with van der Waals surface area (Å²) in [5, 5.41) is 0. The molecule has 0 saturated heterocycles. The summed E-state index contributed by atoms with van der Waals surface area (Å²) < 4.78 is 5.64. The molecule has 1 heterocycles. The van der Waals surface area contributed by atoms with Gasteiger partial charge in [-0.15, -0.1) is 0 Å². The maximum absolute atomic E-state index is 12.1. The van der Waals surface area contributed by atoms with E-state index in [1.165, 1.54) is 11.1 Å². The third-order valence-electron chi connectivity index (χ3n) is 4.80. The highest BCUT2D eigenvalue weighted by molar-refractivity contribution is 5.89. The molecule has 0 spiro atoms. The molecule has 1 fully saturated rings. The first-order valence-corrected chi connectivity index (χ1v) is 8.96. The van der Waals surface area contributed by atoms with Gasteiger partial charge in [-0.1, -0.05) is 24.3 Å². The van der Waals surface area contributed by atoms with E-state index >= 15 is 0 Å². The summed E-state index contributed by atoms with van der Waals surface area (Å²) in [6, 6.07) is 12.5. The SMILES string of the molecule is CN(C)Cc1ccc(C2CCC(OC(=O)c3cccnc3)CC2)cc1. The van der Waals surface area contributed by atoms with E-state index in [1.54, 1.807) is 24.5 Å². The molecule has 1 aliphatic rings. The standard InChI is InChI=1S/C21H26N2O2/c1-23(2)15-16-5-7-17(8-6-16)18-9-11-20(12-10-18)25-21(24)19-4-3-13-22-14-19/h3-8,13-14,18,20H,9-12,15H2,1-2H3. The van der Waals surface area contributed by atoms with Gasteiger partial charge in [0.05, 0.1) is 5.56 Å². The van der Waals surface area contributed by atoms with Crippen LogP contribution in [0.15, 0.2) is 48.8 Å². The van der Waals surface area contributed by atoms with Crippen LogP contribution in [0.1, 0.15) is 53.1 Å². The van der Waals surface area contributed by atoms with Crippen LogP contribution in [-0.4, -0.2) is 36.1 Å². The lowest BCUT2D eigenvalue weighted by molar-refractivity contribution is 0.0195. The third kappa shape index (κ3) is 4.89. The summed E-state index contributed by atoms with van der Waals surface area (Å²) in [6.07, 6.45) is 7.23. The molecular weight excluding hydrogens is 312 g/mol. The van der Waals surface area contributed by atoms with Crippen LogP contribution in [0.4, 0.5) is 0 Å². The van der Waals surface area contributed by atoms with E-state index in [9.17, 15) is 4.79 Å². The monoisotopic (exact) mass is 338 g/mol. The maximum atomic E-state index is 12.1. The molecule has 0 radical (unpaired) electrons. The first-order chi connectivity index (χ1) is 12.1. The number of esters is 1. The zero-order chi connectivity index (χ0) is 17.6. The fourth-order valence-electron chi connectivity index (χ4n) is 3.48. The number of pyridine rings is 1. The molecule has 0 unspecified atom stereocenters. The maximum Gasteiger partial charge on any atom is 0.339 e. The molecule has 2 aromatic rings. The highest BCUT2D eigenvalue weighted by Gasteiger charge is 2.25. The summed E-state index contributed by atoms with van der Waals surface area (Å²) in [6.45, 7) is 0.970. The zero-order valence-electron chi connectivity index (χ0n) is 15.0. The molecule has 3 rings (SSSR count). The van der Waals surface area contributed by atoms with Crippen LogP contribution in [-0.2, 0) is 11.3 Å². The minimum Gasteiger partial charge on any atom is -0.459 e. The second-order valence-electron chi connectivity index (χ2n) is 7.10. The van der Waals surface area contributed by atoms with Crippen molar-refractivity contribution in [2.75, 3.05) is 14.1 Å². The molecule has 0 aliphatic heterocycles. The van der Waals surface area contributed by atoms with Gasteiger partial charge in [0.2, 0.25) is 0 Å². The van der Waals surface area contributed by atoms with Gasteiger partial charge in [-0.2, -0.15) is 0 Å².